The van der Waals surface area contributed by atoms with Gasteiger partial charge in [0, 0.05) is 6.07 Å². The fourth-order valence-electron chi connectivity index (χ4n) is 1.39. The van der Waals surface area contributed by atoms with Crippen LogP contribution >= 0.6 is 0 Å². The number of nitrogens with one attached hydrogen (secondary N) is 1. The third kappa shape index (κ3) is 3.97. The van der Waals surface area contributed by atoms with E-state index in [9.17, 15) is 18.0 Å². The van der Waals surface area contributed by atoms with Crippen molar-refractivity contribution >= 4 is 17.5 Å². The summed E-state index contributed by atoms with van der Waals surface area (Å²) >= 11 is 0. The number of primary amides is 1. The quantitative estimate of drug-likeness (QED) is 0.761. The van der Waals surface area contributed by atoms with Gasteiger partial charge in [-0.25, -0.2) is 9.97 Å². The van der Waals surface area contributed by atoms with E-state index in [1.54, 1.807) is 13.8 Å². The summed E-state index contributed by atoms with van der Waals surface area (Å²) in [6.07, 6.45) is -4.72. The van der Waals surface area contributed by atoms with Gasteiger partial charge in [-0.15, -0.1) is 0 Å². The summed E-state index contributed by atoms with van der Waals surface area (Å²) in [5, 5.41) is 2.53. The molecule has 1 aromatic rings. The van der Waals surface area contributed by atoms with Crippen molar-refractivity contribution in [3.05, 3.63) is 11.9 Å². The van der Waals surface area contributed by atoms with E-state index in [2.05, 4.69) is 15.3 Å². The average molecular weight is 277 g/mol. The van der Waals surface area contributed by atoms with Crippen molar-refractivity contribution in [2.45, 2.75) is 26.1 Å². The third-order valence-electron chi connectivity index (χ3n) is 2.28. The molecule has 1 rings (SSSR count). The number of halogens is 3. The van der Waals surface area contributed by atoms with Gasteiger partial charge in [0.1, 0.15) is 17.7 Å². The first kappa shape index (κ1) is 15.0. The maximum atomic E-state index is 12.5. The van der Waals surface area contributed by atoms with E-state index < -0.39 is 23.9 Å². The van der Waals surface area contributed by atoms with Gasteiger partial charge in [-0.05, 0) is 5.92 Å². The second-order valence-corrected chi connectivity index (χ2v) is 4.27. The zero-order valence-corrected chi connectivity index (χ0v) is 10.3. The molecular weight excluding hydrogens is 263 g/mol. The Kier molecular flexibility index (Phi) is 4.17. The summed E-state index contributed by atoms with van der Waals surface area (Å²) in [6, 6.07) is 0.253. The van der Waals surface area contributed by atoms with E-state index in [0.717, 1.165) is 6.07 Å². The van der Waals surface area contributed by atoms with Gasteiger partial charge < -0.3 is 16.8 Å². The number of nitrogen functional groups attached to an aromatic ring is 1. The van der Waals surface area contributed by atoms with Crippen molar-refractivity contribution in [2.24, 2.45) is 11.7 Å². The van der Waals surface area contributed by atoms with Crippen molar-refractivity contribution in [2.75, 3.05) is 11.1 Å². The number of rotatable bonds is 4. The molecule has 9 heteroatoms. The molecule has 19 heavy (non-hydrogen) atoms. The molecule has 1 aromatic heterocycles. The van der Waals surface area contributed by atoms with Gasteiger partial charge in [-0.1, -0.05) is 13.8 Å². The highest BCUT2D eigenvalue weighted by molar-refractivity contribution is 5.83. The van der Waals surface area contributed by atoms with Gasteiger partial charge >= 0.3 is 6.18 Å². The molecule has 0 saturated carbocycles. The molecule has 0 saturated heterocycles. The fraction of sp³-hybridized carbons (Fsp3) is 0.500. The number of amides is 1. The second-order valence-electron chi connectivity index (χ2n) is 4.27. The van der Waals surface area contributed by atoms with Gasteiger partial charge in [-0.3, -0.25) is 4.79 Å². The van der Waals surface area contributed by atoms with Crippen LogP contribution in [-0.2, 0) is 11.0 Å². The molecule has 106 valence electrons. The molecule has 0 aliphatic heterocycles. The maximum Gasteiger partial charge on any atom is 0.451 e. The molecule has 0 radical (unpaired) electrons. The van der Waals surface area contributed by atoms with E-state index >= 15 is 0 Å². The van der Waals surface area contributed by atoms with Crippen molar-refractivity contribution in [1.82, 2.24) is 9.97 Å². The molecular formula is C10H14F3N5O. The Labute approximate surface area is 107 Å². The molecule has 0 aliphatic rings. The molecule has 0 aliphatic carbocycles. The monoisotopic (exact) mass is 277 g/mol. The van der Waals surface area contributed by atoms with Crippen LogP contribution in [0, 0.1) is 5.92 Å². The molecule has 0 bridgehead atoms. The van der Waals surface area contributed by atoms with E-state index in [0.29, 0.717) is 0 Å². The molecule has 0 aromatic carbocycles. The van der Waals surface area contributed by atoms with Crippen LogP contribution in [0.15, 0.2) is 6.07 Å². The topological polar surface area (TPSA) is 107 Å². The van der Waals surface area contributed by atoms with E-state index in [1.807, 2.05) is 0 Å². The van der Waals surface area contributed by atoms with Crippen molar-refractivity contribution in [1.29, 1.82) is 0 Å². The molecule has 5 N–H and O–H groups in total. The predicted molar refractivity (Wildman–Crippen MR) is 62.9 cm³/mol. The summed E-state index contributed by atoms with van der Waals surface area (Å²) in [5.41, 5.74) is 10.4. The van der Waals surface area contributed by atoms with Crippen molar-refractivity contribution in [3.8, 4) is 0 Å². The number of aromatic nitrogens is 2. The van der Waals surface area contributed by atoms with Gasteiger partial charge in [0.2, 0.25) is 11.7 Å². The van der Waals surface area contributed by atoms with Crippen LogP contribution in [0.1, 0.15) is 19.7 Å². The Hall–Kier alpha value is -2.06. The summed E-state index contributed by atoms with van der Waals surface area (Å²) in [5.74, 6) is -2.83. The largest absolute Gasteiger partial charge is 0.451 e. The lowest BCUT2D eigenvalue weighted by molar-refractivity contribution is -0.144. The van der Waals surface area contributed by atoms with E-state index in [-0.39, 0.29) is 17.6 Å². The molecule has 1 amide bonds. The Morgan fingerprint density at radius 2 is 1.95 bits per heavy atom. The highest BCUT2D eigenvalue weighted by Crippen LogP contribution is 2.28. The lowest BCUT2D eigenvalue weighted by Gasteiger charge is -2.20. The molecule has 1 heterocycles. The van der Waals surface area contributed by atoms with Crippen LogP contribution in [0.2, 0.25) is 0 Å². The molecule has 6 nitrogen and oxygen atoms in total. The van der Waals surface area contributed by atoms with Gasteiger partial charge in [0.25, 0.3) is 0 Å². The van der Waals surface area contributed by atoms with Gasteiger partial charge in [0.05, 0.1) is 0 Å². The summed E-state index contributed by atoms with van der Waals surface area (Å²) in [7, 11) is 0. The van der Waals surface area contributed by atoms with Crippen molar-refractivity contribution < 1.29 is 18.0 Å². The zero-order valence-electron chi connectivity index (χ0n) is 10.3. The number of anilines is 2. The molecule has 1 atom stereocenters. The first-order chi connectivity index (χ1) is 8.61. The number of nitrogens with two attached hydrogens (primary N) is 2. The van der Waals surface area contributed by atoms with E-state index in [4.69, 9.17) is 11.5 Å². The Morgan fingerprint density at radius 1 is 1.37 bits per heavy atom. The minimum atomic E-state index is -4.72. The standard InChI is InChI=1S/C10H14F3N5O/c1-4(2)7(8(15)19)17-6-3-5(14)16-9(18-6)10(11,12)13/h3-4,7H,1-2H3,(H2,15,19)(H3,14,16,17,18). The molecule has 1 unspecified atom stereocenters. The smallest absolute Gasteiger partial charge is 0.384 e. The number of alkyl halides is 3. The number of hydrogen-bond acceptors (Lipinski definition) is 5. The van der Waals surface area contributed by atoms with E-state index in [1.165, 1.54) is 0 Å². The lowest BCUT2D eigenvalue weighted by Crippen LogP contribution is -2.40. The Bertz CT molecular complexity index is 475. The average Bonchev–Trinajstić information content (AvgIpc) is 2.23. The summed E-state index contributed by atoms with van der Waals surface area (Å²) < 4.78 is 37.5. The normalized spacial score (nSPS) is 13.4. The Morgan fingerprint density at radius 3 is 2.37 bits per heavy atom. The first-order valence-corrected chi connectivity index (χ1v) is 5.39. The number of carbonyl (C=O) groups excluding carboxylic acids is 1. The van der Waals surface area contributed by atoms with Crippen LogP contribution in [0.4, 0.5) is 24.8 Å². The fourth-order valence-corrected chi connectivity index (χ4v) is 1.39. The highest BCUT2D eigenvalue weighted by Gasteiger charge is 2.35. The maximum absolute atomic E-state index is 12.5. The van der Waals surface area contributed by atoms with Crippen LogP contribution < -0.4 is 16.8 Å². The highest BCUT2D eigenvalue weighted by atomic mass is 19.4. The summed E-state index contributed by atoms with van der Waals surface area (Å²) in [4.78, 5) is 17.5. The second kappa shape index (κ2) is 5.29. The molecule has 0 spiro atoms. The van der Waals surface area contributed by atoms with Gasteiger partial charge in [-0.2, -0.15) is 13.2 Å². The summed E-state index contributed by atoms with van der Waals surface area (Å²) in [6.45, 7) is 3.38. The minimum absolute atomic E-state index is 0.197. The van der Waals surface area contributed by atoms with Crippen LogP contribution in [0.5, 0.6) is 0 Å². The molecule has 0 fully saturated rings. The van der Waals surface area contributed by atoms with Crippen LogP contribution in [-0.4, -0.2) is 21.9 Å². The number of hydrogen-bond donors (Lipinski definition) is 3. The predicted octanol–water partition coefficient (Wildman–Crippen LogP) is 0.999. The van der Waals surface area contributed by atoms with Crippen LogP contribution in [0.3, 0.4) is 0 Å². The first-order valence-electron chi connectivity index (χ1n) is 5.39. The minimum Gasteiger partial charge on any atom is -0.384 e. The Balaban J connectivity index is 3.08. The van der Waals surface area contributed by atoms with Crippen molar-refractivity contribution in [3.63, 3.8) is 0 Å². The van der Waals surface area contributed by atoms with Gasteiger partial charge in [0.15, 0.2) is 0 Å². The third-order valence-corrected chi connectivity index (χ3v) is 2.28. The lowest BCUT2D eigenvalue weighted by atomic mass is 10.0. The zero-order chi connectivity index (χ0) is 14.8. The number of nitrogens with zero attached hydrogens (tertiary/aromatic N) is 2. The number of carbonyl (C=O) groups is 1. The van der Waals surface area contributed by atoms with Crippen LogP contribution in [0.25, 0.3) is 0 Å². The SMILES string of the molecule is CC(C)C(Nc1cc(N)nc(C(F)(F)F)n1)C(N)=O.